The van der Waals surface area contributed by atoms with E-state index in [1.807, 2.05) is 54.8 Å². The van der Waals surface area contributed by atoms with Gasteiger partial charge < -0.3 is 19.3 Å². The van der Waals surface area contributed by atoms with Crippen LogP contribution in [-0.2, 0) is 14.2 Å². The molecule has 0 radical (unpaired) electrons. The number of benzene rings is 2. The third-order valence-corrected chi connectivity index (χ3v) is 6.21. The van der Waals surface area contributed by atoms with Crippen LogP contribution in [0.3, 0.4) is 0 Å². The number of hydrogen-bond acceptors (Lipinski definition) is 7. The van der Waals surface area contributed by atoms with Crippen LogP contribution < -0.4 is 0 Å². The molecule has 0 spiro atoms. The standard InChI is InChI=1S/C25H24N4O4/c1-25(2)32-21-18(12-30)31-24(22(21)33-25)29-14-28-20-19(26-13-27-23(20)29)17-11-7-6-10-16(17)15-8-4-3-5-9-15/h3-11,13-14,18,21-22,24,30H,12H2,1-2H3. The molecule has 2 aromatic carbocycles. The van der Waals surface area contributed by atoms with Crippen molar-refractivity contribution in [2.75, 3.05) is 6.61 Å². The third-order valence-electron chi connectivity index (χ3n) is 6.21. The van der Waals surface area contributed by atoms with Crippen molar-refractivity contribution < 1.29 is 19.3 Å². The molecule has 1 N–H and O–H groups in total. The first-order valence-corrected chi connectivity index (χ1v) is 11.0. The monoisotopic (exact) mass is 444 g/mol. The number of hydrogen-bond donors (Lipinski definition) is 1. The fraction of sp³-hybridized carbons (Fsp3) is 0.320. The summed E-state index contributed by atoms with van der Waals surface area (Å²) in [5.41, 5.74) is 5.20. The Labute approximate surface area is 190 Å². The van der Waals surface area contributed by atoms with Crippen molar-refractivity contribution in [3.8, 4) is 22.4 Å². The van der Waals surface area contributed by atoms with Crippen molar-refractivity contribution in [1.29, 1.82) is 0 Å². The Kier molecular flexibility index (Phi) is 4.77. The highest BCUT2D eigenvalue weighted by Gasteiger charge is 2.56. The number of rotatable bonds is 4. The van der Waals surface area contributed by atoms with Crippen molar-refractivity contribution in [3.63, 3.8) is 0 Å². The average Bonchev–Trinajstić information content (AvgIpc) is 3.50. The van der Waals surface area contributed by atoms with Crippen LogP contribution >= 0.6 is 0 Å². The van der Waals surface area contributed by atoms with Crippen molar-refractivity contribution in [2.24, 2.45) is 0 Å². The van der Waals surface area contributed by atoms with Gasteiger partial charge in [-0.3, -0.25) is 4.57 Å². The minimum atomic E-state index is -0.754. The van der Waals surface area contributed by atoms with Gasteiger partial charge in [-0.25, -0.2) is 15.0 Å². The van der Waals surface area contributed by atoms with Gasteiger partial charge in [0.2, 0.25) is 0 Å². The quantitative estimate of drug-likeness (QED) is 0.514. The predicted molar refractivity (Wildman–Crippen MR) is 121 cm³/mol. The Balaban J connectivity index is 1.45. The minimum Gasteiger partial charge on any atom is -0.394 e. The normalized spacial score (nSPS) is 26.0. The van der Waals surface area contributed by atoms with Crippen molar-refractivity contribution >= 4 is 11.2 Å². The van der Waals surface area contributed by atoms with E-state index in [4.69, 9.17) is 14.2 Å². The van der Waals surface area contributed by atoms with Crippen molar-refractivity contribution in [1.82, 2.24) is 19.5 Å². The average molecular weight is 444 g/mol. The maximum absolute atomic E-state index is 9.83. The lowest BCUT2D eigenvalue weighted by Gasteiger charge is -2.24. The zero-order valence-corrected chi connectivity index (χ0v) is 18.3. The second kappa shape index (κ2) is 7.71. The molecular weight excluding hydrogens is 420 g/mol. The highest BCUT2D eigenvalue weighted by molar-refractivity contribution is 5.93. The van der Waals surface area contributed by atoms with E-state index in [2.05, 4.69) is 33.2 Å². The number of aliphatic hydroxyl groups is 1. The lowest BCUT2D eigenvalue weighted by molar-refractivity contribution is -0.199. The van der Waals surface area contributed by atoms with Crippen LogP contribution in [-0.4, -0.2) is 55.3 Å². The second-order valence-corrected chi connectivity index (χ2v) is 8.77. The molecule has 33 heavy (non-hydrogen) atoms. The third kappa shape index (κ3) is 3.34. The molecule has 4 atom stereocenters. The first-order chi connectivity index (χ1) is 16.1. The summed E-state index contributed by atoms with van der Waals surface area (Å²) in [5, 5.41) is 9.83. The zero-order chi connectivity index (χ0) is 22.6. The fourth-order valence-electron chi connectivity index (χ4n) is 4.82. The largest absolute Gasteiger partial charge is 0.394 e. The van der Waals surface area contributed by atoms with E-state index < -0.39 is 18.1 Å². The summed E-state index contributed by atoms with van der Waals surface area (Å²) in [4.78, 5) is 13.8. The van der Waals surface area contributed by atoms with E-state index in [0.717, 1.165) is 22.4 Å². The number of aromatic nitrogens is 4. The Morgan fingerprint density at radius 1 is 0.909 bits per heavy atom. The lowest BCUT2D eigenvalue weighted by Crippen LogP contribution is -2.31. The molecule has 8 heteroatoms. The first-order valence-electron chi connectivity index (χ1n) is 11.0. The first kappa shape index (κ1) is 20.4. The molecule has 168 valence electrons. The van der Waals surface area contributed by atoms with Gasteiger partial charge in [0.05, 0.1) is 12.9 Å². The maximum atomic E-state index is 9.83. The van der Waals surface area contributed by atoms with Gasteiger partial charge in [0.25, 0.3) is 0 Å². The van der Waals surface area contributed by atoms with Gasteiger partial charge in [-0.1, -0.05) is 54.6 Å². The maximum Gasteiger partial charge on any atom is 0.166 e. The van der Waals surface area contributed by atoms with E-state index in [0.29, 0.717) is 11.2 Å². The molecule has 6 rings (SSSR count). The van der Waals surface area contributed by atoms with E-state index in [-0.39, 0.29) is 18.8 Å². The highest BCUT2D eigenvalue weighted by Crippen LogP contribution is 2.44. The van der Waals surface area contributed by atoms with Crippen LogP contribution in [0.15, 0.2) is 67.3 Å². The Morgan fingerprint density at radius 3 is 2.42 bits per heavy atom. The number of ether oxygens (including phenoxy) is 3. The zero-order valence-electron chi connectivity index (χ0n) is 18.3. The van der Waals surface area contributed by atoms with Crippen LogP contribution in [0.2, 0.25) is 0 Å². The molecular formula is C25H24N4O4. The Morgan fingerprint density at radius 2 is 1.64 bits per heavy atom. The van der Waals surface area contributed by atoms with E-state index >= 15 is 0 Å². The van der Waals surface area contributed by atoms with Gasteiger partial charge >= 0.3 is 0 Å². The van der Waals surface area contributed by atoms with Gasteiger partial charge in [0.1, 0.15) is 35.8 Å². The van der Waals surface area contributed by atoms with Gasteiger partial charge in [-0.05, 0) is 25.0 Å². The second-order valence-electron chi connectivity index (χ2n) is 8.77. The van der Waals surface area contributed by atoms with Gasteiger partial charge in [0, 0.05) is 5.56 Å². The van der Waals surface area contributed by atoms with Crippen LogP contribution in [0, 0.1) is 0 Å². The molecule has 0 aliphatic carbocycles. The molecule has 4 aromatic rings. The fourth-order valence-corrected chi connectivity index (χ4v) is 4.82. The molecule has 2 aliphatic rings. The highest BCUT2D eigenvalue weighted by atomic mass is 16.8. The minimum absolute atomic E-state index is 0.158. The molecule has 2 aliphatic heterocycles. The molecule has 2 saturated heterocycles. The number of fused-ring (bicyclic) bond motifs is 2. The molecule has 4 heterocycles. The van der Waals surface area contributed by atoms with Crippen LogP contribution in [0.5, 0.6) is 0 Å². The summed E-state index contributed by atoms with van der Waals surface area (Å²) in [7, 11) is 0. The van der Waals surface area contributed by atoms with Crippen LogP contribution in [0.1, 0.15) is 20.1 Å². The SMILES string of the molecule is CC1(C)OC2C(CO)OC(n3cnc4c(-c5ccccc5-c5ccccc5)ncnc43)C2O1. The van der Waals surface area contributed by atoms with E-state index in [1.165, 1.54) is 0 Å². The van der Waals surface area contributed by atoms with E-state index in [9.17, 15) is 5.11 Å². The van der Waals surface area contributed by atoms with E-state index in [1.54, 1.807) is 12.7 Å². The molecule has 2 fully saturated rings. The van der Waals surface area contributed by atoms with Gasteiger partial charge in [-0.2, -0.15) is 0 Å². The number of nitrogens with zero attached hydrogens (tertiary/aromatic N) is 4. The van der Waals surface area contributed by atoms with Crippen LogP contribution in [0.4, 0.5) is 0 Å². The van der Waals surface area contributed by atoms with Crippen molar-refractivity contribution in [2.45, 2.75) is 44.2 Å². The molecule has 0 amide bonds. The lowest BCUT2D eigenvalue weighted by atomic mass is 9.97. The molecule has 0 bridgehead atoms. The van der Waals surface area contributed by atoms with Crippen LogP contribution in [0.25, 0.3) is 33.5 Å². The molecule has 0 saturated carbocycles. The van der Waals surface area contributed by atoms with Gasteiger partial charge in [0.15, 0.2) is 17.7 Å². The van der Waals surface area contributed by atoms with Crippen molar-refractivity contribution in [3.05, 3.63) is 67.3 Å². The summed E-state index contributed by atoms with van der Waals surface area (Å²) in [6.07, 6.45) is 1.48. The summed E-state index contributed by atoms with van der Waals surface area (Å²) >= 11 is 0. The molecule has 8 nitrogen and oxygen atoms in total. The smallest absolute Gasteiger partial charge is 0.166 e. The number of aliphatic hydroxyl groups excluding tert-OH is 1. The number of imidazole rings is 1. The summed E-state index contributed by atoms with van der Waals surface area (Å²) in [6, 6.07) is 18.3. The topological polar surface area (TPSA) is 91.5 Å². The molecule has 4 unspecified atom stereocenters. The Bertz CT molecular complexity index is 1310. The Hall–Kier alpha value is -3.17. The van der Waals surface area contributed by atoms with Gasteiger partial charge in [-0.15, -0.1) is 0 Å². The summed E-state index contributed by atoms with van der Waals surface area (Å²) < 4.78 is 20.1. The predicted octanol–water partition coefficient (Wildman–Crippen LogP) is 3.57. The molecule has 2 aromatic heterocycles. The summed E-state index contributed by atoms with van der Waals surface area (Å²) in [5.74, 6) is -0.754. The summed E-state index contributed by atoms with van der Waals surface area (Å²) in [6.45, 7) is 3.57.